The number of hydrogen-bond donors (Lipinski definition) is 0. The Kier molecular flexibility index (Phi) is 4.73. The SMILES string of the molecule is C#C[C@H]1c2ccccc2N(S(=O)(=O)c2ccc(C)cc2)C(=O)[C@@H]1c1ccccc1. The summed E-state index contributed by atoms with van der Waals surface area (Å²) in [7, 11) is -4.10. The van der Waals surface area contributed by atoms with Gasteiger partial charge < -0.3 is 0 Å². The highest BCUT2D eigenvalue weighted by atomic mass is 32.2. The monoisotopic (exact) mass is 401 g/mol. The molecule has 3 aromatic carbocycles. The molecule has 1 aliphatic rings. The third kappa shape index (κ3) is 3.12. The van der Waals surface area contributed by atoms with E-state index in [1.165, 1.54) is 12.1 Å². The van der Waals surface area contributed by atoms with Crippen LogP contribution in [0, 0.1) is 19.3 Å². The standard InChI is InChI=1S/C24H19NO3S/c1-3-20-21-11-7-8-12-22(21)25(24(26)23(20)18-9-5-4-6-10-18)29(27,28)19-15-13-17(2)14-16-19/h1,4-16,20,23H,2H3/t20-,23+/m0/s1. The summed E-state index contributed by atoms with van der Waals surface area (Å²) in [6.07, 6.45) is 5.82. The van der Waals surface area contributed by atoms with Crippen LogP contribution in [0.2, 0.25) is 0 Å². The molecule has 29 heavy (non-hydrogen) atoms. The Balaban J connectivity index is 1.95. The van der Waals surface area contributed by atoms with E-state index in [2.05, 4.69) is 5.92 Å². The van der Waals surface area contributed by atoms with Crippen molar-refractivity contribution in [2.75, 3.05) is 4.31 Å². The molecule has 2 atom stereocenters. The summed E-state index contributed by atoms with van der Waals surface area (Å²) in [5.74, 6) is 0.841. The number of hydrogen-bond acceptors (Lipinski definition) is 3. The van der Waals surface area contributed by atoms with Crippen molar-refractivity contribution >= 4 is 21.6 Å². The van der Waals surface area contributed by atoms with Gasteiger partial charge in [0.25, 0.3) is 10.0 Å². The number of carbonyl (C=O) groups excluding carboxylic acids is 1. The van der Waals surface area contributed by atoms with Crippen molar-refractivity contribution in [2.24, 2.45) is 0 Å². The average molecular weight is 401 g/mol. The second kappa shape index (κ2) is 7.23. The zero-order valence-electron chi connectivity index (χ0n) is 15.8. The number of terminal acetylenes is 1. The van der Waals surface area contributed by atoms with E-state index in [9.17, 15) is 13.2 Å². The summed E-state index contributed by atoms with van der Waals surface area (Å²) in [5, 5.41) is 0. The maximum absolute atomic E-state index is 13.6. The fraction of sp³-hybridized carbons (Fsp3) is 0.125. The van der Waals surface area contributed by atoms with Crippen LogP contribution < -0.4 is 4.31 Å². The number of sulfonamides is 1. The Morgan fingerprint density at radius 2 is 1.52 bits per heavy atom. The molecule has 3 aromatic rings. The molecule has 1 amide bonds. The van der Waals surface area contributed by atoms with Gasteiger partial charge in [0.05, 0.1) is 22.4 Å². The molecule has 0 saturated heterocycles. The lowest BCUT2D eigenvalue weighted by Gasteiger charge is -2.37. The van der Waals surface area contributed by atoms with Crippen LogP contribution in [0.1, 0.15) is 28.5 Å². The van der Waals surface area contributed by atoms with Gasteiger partial charge in [-0.15, -0.1) is 6.42 Å². The summed E-state index contributed by atoms with van der Waals surface area (Å²) in [6.45, 7) is 1.88. The van der Waals surface area contributed by atoms with E-state index in [0.29, 0.717) is 16.8 Å². The normalized spacial score (nSPS) is 18.8. The van der Waals surface area contributed by atoms with Gasteiger partial charge >= 0.3 is 0 Å². The number of nitrogens with zero attached hydrogens (tertiary/aromatic N) is 1. The molecule has 0 unspecified atom stereocenters. The molecule has 1 heterocycles. The van der Waals surface area contributed by atoms with Crippen LogP contribution in [0.3, 0.4) is 0 Å². The Bertz CT molecular complexity index is 1210. The zero-order chi connectivity index (χ0) is 20.6. The van der Waals surface area contributed by atoms with Gasteiger partial charge in [-0.05, 0) is 36.2 Å². The largest absolute Gasteiger partial charge is 0.273 e. The average Bonchev–Trinajstić information content (AvgIpc) is 2.73. The van der Waals surface area contributed by atoms with Crippen LogP contribution in [0.4, 0.5) is 5.69 Å². The van der Waals surface area contributed by atoms with Crippen LogP contribution in [0.5, 0.6) is 0 Å². The summed E-state index contributed by atoms with van der Waals surface area (Å²) in [4.78, 5) is 13.7. The van der Waals surface area contributed by atoms with Gasteiger partial charge in [0.15, 0.2) is 0 Å². The lowest BCUT2D eigenvalue weighted by molar-refractivity contribution is -0.119. The van der Waals surface area contributed by atoms with Gasteiger partial charge in [-0.25, -0.2) is 12.7 Å². The highest BCUT2D eigenvalue weighted by Crippen LogP contribution is 2.45. The number of benzene rings is 3. The van der Waals surface area contributed by atoms with Crippen molar-refractivity contribution < 1.29 is 13.2 Å². The van der Waals surface area contributed by atoms with Gasteiger partial charge in [0.2, 0.25) is 5.91 Å². The molecule has 0 spiro atoms. The molecule has 0 bridgehead atoms. The number of para-hydroxylation sites is 1. The predicted molar refractivity (Wildman–Crippen MR) is 113 cm³/mol. The van der Waals surface area contributed by atoms with Gasteiger partial charge in [-0.3, -0.25) is 4.79 Å². The Hall–Kier alpha value is -3.36. The van der Waals surface area contributed by atoms with E-state index < -0.39 is 27.8 Å². The van der Waals surface area contributed by atoms with Gasteiger partial charge in [-0.2, -0.15) is 0 Å². The van der Waals surface area contributed by atoms with Gasteiger partial charge in [-0.1, -0.05) is 72.1 Å². The molecular weight excluding hydrogens is 382 g/mol. The second-order valence-corrected chi connectivity index (χ2v) is 8.80. The first-order chi connectivity index (χ1) is 13.9. The third-order valence-electron chi connectivity index (χ3n) is 5.19. The van der Waals surface area contributed by atoms with E-state index >= 15 is 0 Å². The number of aryl methyl sites for hydroxylation is 1. The highest BCUT2D eigenvalue weighted by Gasteiger charge is 2.45. The number of fused-ring (bicyclic) bond motifs is 1. The molecule has 0 fully saturated rings. The summed E-state index contributed by atoms with van der Waals surface area (Å²) in [5.41, 5.74) is 2.59. The maximum atomic E-state index is 13.6. The van der Waals surface area contributed by atoms with E-state index in [1.54, 1.807) is 48.5 Å². The fourth-order valence-corrected chi connectivity index (χ4v) is 5.21. The summed E-state index contributed by atoms with van der Waals surface area (Å²) in [6, 6.07) is 22.5. The van der Waals surface area contributed by atoms with Gasteiger partial charge in [0.1, 0.15) is 0 Å². The predicted octanol–water partition coefficient (Wildman–Crippen LogP) is 4.23. The maximum Gasteiger partial charge on any atom is 0.270 e. The quantitative estimate of drug-likeness (QED) is 0.617. The van der Waals surface area contributed by atoms with Crippen molar-refractivity contribution in [1.82, 2.24) is 0 Å². The van der Waals surface area contributed by atoms with E-state index in [1.807, 2.05) is 25.1 Å². The molecule has 4 nitrogen and oxygen atoms in total. The third-order valence-corrected chi connectivity index (χ3v) is 6.91. The lowest BCUT2D eigenvalue weighted by Crippen LogP contribution is -2.45. The van der Waals surface area contributed by atoms with E-state index in [4.69, 9.17) is 6.42 Å². The molecular formula is C24H19NO3S. The molecule has 0 N–H and O–H groups in total. The van der Waals surface area contributed by atoms with Crippen molar-refractivity contribution in [3.63, 3.8) is 0 Å². The van der Waals surface area contributed by atoms with E-state index in [-0.39, 0.29) is 4.90 Å². The number of anilines is 1. The van der Waals surface area contributed by atoms with E-state index in [0.717, 1.165) is 9.87 Å². The Labute approximate surface area is 170 Å². The van der Waals surface area contributed by atoms with Crippen LogP contribution in [0.25, 0.3) is 0 Å². The molecule has 144 valence electrons. The van der Waals surface area contributed by atoms with Crippen molar-refractivity contribution in [2.45, 2.75) is 23.7 Å². The van der Waals surface area contributed by atoms with Crippen LogP contribution in [0.15, 0.2) is 83.8 Å². The first kappa shape index (κ1) is 19.0. The molecule has 4 rings (SSSR count). The molecule has 0 aliphatic carbocycles. The first-order valence-electron chi connectivity index (χ1n) is 9.21. The smallest absolute Gasteiger partial charge is 0.270 e. The zero-order valence-corrected chi connectivity index (χ0v) is 16.6. The lowest BCUT2D eigenvalue weighted by atomic mass is 9.78. The van der Waals surface area contributed by atoms with Crippen molar-refractivity contribution in [1.29, 1.82) is 0 Å². The van der Waals surface area contributed by atoms with Gasteiger partial charge in [0, 0.05) is 0 Å². The summed E-state index contributed by atoms with van der Waals surface area (Å²) >= 11 is 0. The first-order valence-corrected chi connectivity index (χ1v) is 10.6. The second-order valence-electron chi connectivity index (χ2n) is 7.01. The fourth-order valence-electron chi connectivity index (χ4n) is 3.75. The van der Waals surface area contributed by atoms with Crippen LogP contribution >= 0.6 is 0 Å². The summed E-state index contributed by atoms with van der Waals surface area (Å²) < 4.78 is 27.9. The molecule has 0 aromatic heterocycles. The minimum atomic E-state index is -4.10. The molecule has 0 radical (unpaired) electrons. The number of rotatable bonds is 3. The number of carbonyl (C=O) groups is 1. The molecule has 1 aliphatic heterocycles. The number of amides is 1. The minimum absolute atomic E-state index is 0.0669. The molecule has 0 saturated carbocycles. The van der Waals surface area contributed by atoms with Crippen LogP contribution in [-0.2, 0) is 14.8 Å². The highest BCUT2D eigenvalue weighted by molar-refractivity contribution is 7.93. The Morgan fingerprint density at radius 1 is 0.897 bits per heavy atom. The molecule has 5 heteroatoms. The van der Waals surface area contributed by atoms with Crippen molar-refractivity contribution in [3.8, 4) is 12.3 Å². The topological polar surface area (TPSA) is 54.5 Å². The Morgan fingerprint density at radius 3 is 2.17 bits per heavy atom. The van der Waals surface area contributed by atoms with Crippen LogP contribution in [-0.4, -0.2) is 14.3 Å². The van der Waals surface area contributed by atoms with Crippen molar-refractivity contribution in [3.05, 3.63) is 95.6 Å². The minimum Gasteiger partial charge on any atom is -0.273 e.